The Bertz CT molecular complexity index is 490. The average Bonchev–Trinajstić information content (AvgIpc) is 2.90. The molecule has 2 aliphatic heterocycles. The topological polar surface area (TPSA) is 28.6 Å². The van der Waals surface area contributed by atoms with Gasteiger partial charge in [-0.3, -0.25) is 9.80 Å². The highest BCUT2D eigenvalue weighted by Crippen LogP contribution is 2.32. The van der Waals surface area contributed by atoms with Crippen molar-refractivity contribution in [1.29, 1.82) is 0 Å². The first-order valence-electron chi connectivity index (χ1n) is 8.51. The second-order valence-corrected chi connectivity index (χ2v) is 8.18. The average molecular weight is 324 g/mol. The third-order valence-electron chi connectivity index (χ3n) is 5.20. The molecule has 3 atom stereocenters. The highest BCUT2D eigenvalue weighted by Gasteiger charge is 2.41. The van der Waals surface area contributed by atoms with Crippen LogP contribution in [-0.4, -0.2) is 59.7 Å². The summed E-state index contributed by atoms with van der Waals surface area (Å²) in [4.78, 5) is 9.74. The molecule has 0 unspecified atom stereocenters. The molecule has 0 spiro atoms. The molecule has 0 radical (unpaired) electrons. The minimum atomic E-state index is 0.412. The monoisotopic (exact) mass is 323 g/mol. The Hall–Kier alpha value is -0.490. The van der Waals surface area contributed by atoms with Crippen molar-refractivity contribution < 1.29 is 4.74 Å². The largest absolute Gasteiger partial charge is 0.376 e. The van der Waals surface area contributed by atoms with Crippen LogP contribution in [0.4, 0.5) is 0 Å². The van der Waals surface area contributed by atoms with Gasteiger partial charge in [-0.25, -0.2) is 4.98 Å². The number of rotatable bonds is 4. The van der Waals surface area contributed by atoms with Crippen LogP contribution in [0.5, 0.6) is 0 Å². The van der Waals surface area contributed by atoms with Gasteiger partial charge in [0.1, 0.15) is 0 Å². The van der Waals surface area contributed by atoms with Gasteiger partial charge in [0.05, 0.1) is 16.8 Å². The molecule has 2 fully saturated rings. The smallest absolute Gasteiger partial charge is 0.0897 e. The molecule has 0 aliphatic carbocycles. The highest BCUT2D eigenvalue weighted by atomic mass is 32.1. The third kappa shape index (κ3) is 3.53. The number of hydrogen-bond donors (Lipinski definition) is 0. The van der Waals surface area contributed by atoms with Crippen molar-refractivity contribution in [3.63, 3.8) is 0 Å². The summed E-state index contributed by atoms with van der Waals surface area (Å²) < 4.78 is 6.19. The van der Waals surface area contributed by atoms with Crippen molar-refractivity contribution in [3.05, 3.63) is 16.1 Å². The van der Waals surface area contributed by atoms with Crippen LogP contribution in [0, 0.1) is 12.8 Å². The van der Waals surface area contributed by atoms with Crippen molar-refractivity contribution in [2.24, 2.45) is 5.92 Å². The van der Waals surface area contributed by atoms with E-state index in [4.69, 9.17) is 4.74 Å². The number of ether oxygens (including phenoxy) is 1. The van der Waals surface area contributed by atoms with Crippen molar-refractivity contribution in [2.75, 3.05) is 26.7 Å². The first-order chi connectivity index (χ1) is 10.5. The van der Waals surface area contributed by atoms with Gasteiger partial charge in [0.2, 0.25) is 0 Å². The molecule has 0 amide bonds. The molecule has 22 heavy (non-hydrogen) atoms. The zero-order valence-corrected chi connectivity index (χ0v) is 15.1. The molecule has 2 aliphatic rings. The van der Waals surface area contributed by atoms with E-state index in [0.717, 1.165) is 26.2 Å². The van der Waals surface area contributed by atoms with Crippen LogP contribution in [0.25, 0.3) is 0 Å². The zero-order chi connectivity index (χ0) is 15.7. The Morgan fingerprint density at radius 1 is 1.45 bits per heavy atom. The van der Waals surface area contributed by atoms with E-state index in [-0.39, 0.29) is 0 Å². The summed E-state index contributed by atoms with van der Waals surface area (Å²) in [6, 6.07) is 1.05. The Labute approximate surface area is 138 Å². The van der Waals surface area contributed by atoms with E-state index in [1.165, 1.54) is 23.5 Å². The zero-order valence-electron chi connectivity index (χ0n) is 14.3. The van der Waals surface area contributed by atoms with E-state index in [9.17, 15) is 0 Å². The molecule has 124 valence electrons. The molecule has 1 aromatic rings. The quantitative estimate of drug-likeness (QED) is 0.852. The third-order valence-corrected chi connectivity index (χ3v) is 6.02. The molecule has 2 saturated heterocycles. The number of fused-ring (bicyclic) bond motifs is 1. The first-order valence-corrected chi connectivity index (χ1v) is 9.39. The maximum absolute atomic E-state index is 6.19. The standard InChI is InChI=1S/C17H29N3OS/c1-12(2)19(4)16-10-20(9-15-11-22-13(3)18-15)8-14-6-5-7-21-17(14)16/h11-12,14,16-17H,5-10H2,1-4H3/t14-,16+,17-/m0/s1. The maximum Gasteiger partial charge on any atom is 0.0897 e. The number of aromatic nitrogens is 1. The molecule has 0 bridgehead atoms. The van der Waals surface area contributed by atoms with Gasteiger partial charge in [0.25, 0.3) is 0 Å². The van der Waals surface area contributed by atoms with Crippen LogP contribution in [0.2, 0.25) is 0 Å². The molecule has 3 rings (SSSR count). The first kappa shape index (κ1) is 16.4. The van der Waals surface area contributed by atoms with Crippen LogP contribution in [0.1, 0.15) is 37.4 Å². The second-order valence-electron chi connectivity index (χ2n) is 7.12. The van der Waals surface area contributed by atoms with Gasteiger partial charge < -0.3 is 4.74 Å². The number of nitrogens with zero attached hydrogens (tertiary/aromatic N) is 3. The molecular weight excluding hydrogens is 294 g/mol. The Morgan fingerprint density at radius 3 is 2.95 bits per heavy atom. The number of thiazole rings is 1. The normalized spacial score (nSPS) is 30.0. The van der Waals surface area contributed by atoms with Gasteiger partial charge in [-0.1, -0.05) is 0 Å². The Morgan fingerprint density at radius 2 is 2.27 bits per heavy atom. The summed E-state index contributed by atoms with van der Waals surface area (Å²) in [7, 11) is 2.25. The van der Waals surface area contributed by atoms with Crippen molar-refractivity contribution in [1.82, 2.24) is 14.8 Å². The lowest BCUT2D eigenvalue weighted by Crippen LogP contribution is -2.61. The van der Waals surface area contributed by atoms with E-state index >= 15 is 0 Å². The van der Waals surface area contributed by atoms with Gasteiger partial charge >= 0.3 is 0 Å². The van der Waals surface area contributed by atoms with Crippen LogP contribution in [0.15, 0.2) is 5.38 Å². The maximum atomic E-state index is 6.19. The minimum Gasteiger partial charge on any atom is -0.376 e. The van der Waals surface area contributed by atoms with Crippen LogP contribution in [0.3, 0.4) is 0 Å². The molecule has 1 aromatic heterocycles. The molecule has 0 aromatic carbocycles. The summed E-state index contributed by atoms with van der Waals surface area (Å²) in [6.45, 7) is 10.8. The summed E-state index contributed by atoms with van der Waals surface area (Å²) in [5.41, 5.74) is 1.23. The van der Waals surface area contributed by atoms with Crippen LogP contribution >= 0.6 is 11.3 Å². The number of likely N-dealkylation sites (N-methyl/N-ethyl adjacent to an activating group) is 1. The highest BCUT2D eigenvalue weighted by molar-refractivity contribution is 7.09. The fourth-order valence-electron chi connectivity index (χ4n) is 3.84. The Kier molecular flexibility index (Phi) is 5.17. The van der Waals surface area contributed by atoms with Gasteiger partial charge in [-0.2, -0.15) is 0 Å². The molecule has 0 saturated carbocycles. The predicted octanol–water partition coefficient (Wildman–Crippen LogP) is 2.77. The van der Waals surface area contributed by atoms with Crippen LogP contribution in [-0.2, 0) is 11.3 Å². The SMILES string of the molecule is Cc1nc(CN2C[C@@H]3CCCO[C@@H]3[C@H](N(C)C(C)C)C2)cs1. The number of aryl methyl sites for hydroxylation is 1. The van der Waals surface area contributed by atoms with Crippen molar-refractivity contribution in [2.45, 2.75) is 58.3 Å². The fourth-order valence-corrected chi connectivity index (χ4v) is 4.45. The van der Waals surface area contributed by atoms with Gasteiger partial charge in [-0.05, 0) is 46.6 Å². The summed E-state index contributed by atoms with van der Waals surface area (Å²) in [6.07, 6.45) is 2.93. The number of hydrogen-bond acceptors (Lipinski definition) is 5. The van der Waals surface area contributed by atoms with E-state index in [2.05, 4.69) is 48.0 Å². The van der Waals surface area contributed by atoms with E-state index in [1.54, 1.807) is 11.3 Å². The van der Waals surface area contributed by atoms with Crippen molar-refractivity contribution in [3.8, 4) is 0 Å². The van der Waals surface area contributed by atoms with Gasteiger partial charge in [0, 0.05) is 43.7 Å². The Balaban J connectivity index is 1.73. The lowest BCUT2D eigenvalue weighted by molar-refractivity contribution is -0.116. The molecule has 3 heterocycles. The molecule has 5 heteroatoms. The van der Waals surface area contributed by atoms with Gasteiger partial charge in [-0.15, -0.1) is 11.3 Å². The molecular formula is C17H29N3OS. The number of piperidine rings is 1. The predicted molar refractivity (Wildman–Crippen MR) is 91.3 cm³/mol. The molecule has 4 nitrogen and oxygen atoms in total. The van der Waals surface area contributed by atoms with Crippen molar-refractivity contribution >= 4 is 11.3 Å². The lowest BCUT2D eigenvalue weighted by atomic mass is 9.84. The van der Waals surface area contributed by atoms with E-state index in [0.29, 0.717) is 24.1 Å². The minimum absolute atomic E-state index is 0.412. The van der Waals surface area contributed by atoms with Gasteiger partial charge in [0.15, 0.2) is 0 Å². The lowest BCUT2D eigenvalue weighted by Gasteiger charge is -2.49. The number of likely N-dealkylation sites (tertiary alicyclic amines) is 1. The molecule has 0 N–H and O–H groups in total. The summed E-state index contributed by atoms with van der Waals surface area (Å²) in [5, 5.41) is 3.38. The van der Waals surface area contributed by atoms with E-state index in [1.807, 2.05) is 0 Å². The summed E-state index contributed by atoms with van der Waals surface area (Å²) in [5.74, 6) is 0.674. The van der Waals surface area contributed by atoms with E-state index < -0.39 is 0 Å². The van der Waals surface area contributed by atoms with Crippen LogP contribution < -0.4 is 0 Å². The summed E-state index contributed by atoms with van der Waals surface area (Å²) >= 11 is 1.75. The fraction of sp³-hybridized carbons (Fsp3) is 0.824. The second kappa shape index (κ2) is 6.95.